The summed E-state index contributed by atoms with van der Waals surface area (Å²) in [6, 6.07) is 8.11. The van der Waals surface area contributed by atoms with Crippen LogP contribution in [0, 0.1) is 5.41 Å². The maximum Gasteiger partial charge on any atom is 0.119 e. The van der Waals surface area contributed by atoms with E-state index in [1.54, 1.807) is 0 Å². The van der Waals surface area contributed by atoms with Gasteiger partial charge < -0.3 is 19.8 Å². The third-order valence-electron chi connectivity index (χ3n) is 5.43. The molecule has 5 heteroatoms. The fourth-order valence-electron chi connectivity index (χ4n) is 4.32. The number of nitrogens with zero attached hydrogens (tertiary/aromatic N) is 2. The van der Waals surface area contributed by atoms with E-state index in [1.165, 1.54) is 5.56 Å². The van der Waals surface area contributed by atoms with Crippen LogP contribution in [0.5, 0.6) is 5.75 Å². The highest BCUT2D eigenvalue weighted by atomic mass is 16.5. The zero-order chi connectivity index (χ0) is 17.0. The van der Waals surface area contributed by atoms with Crippen molar-refractivity contribution in [3.63, 3.8) is 0 Å². The van der Waals surface area contributed by atoms with Crippen LogP contribution in [0.1, 0.15) is 24.8 Å². The Balaban J connectivity index is 1.65. The Bertz CT molecular complexity index is 539. The summed E-state index contributed by atoms with van der Waals surface area (Å²) in [6.45, 7) is 5.27. The van der Waals surface area contributed by atoms with E-state index < -0.39 is 0 Å². The Kier molecular flexibility index (Phi) is 5.76. The van der Waals surface area contributed by atoms with E-state index in [9.17, 15) is 5.11 Å². The van der Waals surface area contributed by atoms with Crippen molar-refractivity contribution in [1.29, 1.82) is 0 Å². The Labute approximate surface area is 144 Å². The molecular formula is C19H30N2O3. The summed E-state index contributed by atoms with van der Waals surface area (Å²) < 4.78 is 5.51. The lowest BCUT2D eigenvalue weighted by molar-refractivity contribution is -0.0807. The molecule has 1 spiro atoms. The van der Waals surface area contributed by atoms with Gasteiger partial charge in [-0.25, -0.2) is 0 Å². The topological polar surface area (TPSA) is 56.2 Å². The first kappa shape index (κ1) is 17.7. The normalized spacial score (nSPS) is 29.0. The fraction of sp³-hybridized carbons (Fsp3) is 0.684. The first-order valence-corrected chi connectivity index (χ1v) is 9.03. The summed E-state index contributed by atoms with van der Waals surface area (Å²) in [4.78, 5) is 4.83. The second kappa shape index (κ2) is 7.83. The van der Waals surface area contributed by atoms with Gasteiger partial charge in [0.15, 0.2) is 0 Å². The average Bonchev–Trinajstić information content (AvgIpc) is 2.57. The van der Waals surface area contributed by atoms with Crippen molar-refractivity contribution in [2.45, 2.75) is 31.9 Å². The molecule has 0 radical (unpaired) electrons. The molecule has 2 heterocycles. The van der Waals surface area contributed by atoms with Crippen LogP contribution in [0.2, 0.25) is 0 Å². The SMILES string of the molecule is CN1CC[C@H](O)[C@@]2(CCCN(Cc3cccc(OCCO)c3)C2)C1. The summed E-state index contributed by atoms with van der Waals surface area (Å²) in [6.07, 6.45) is 2.96. The van der Waals surface area contributed by atoms with E-state index in [2.05, 4.69) is 29.0 Å². The average molecular weight is 334 g/mol. The van der Waals surface area contributed by atoms with Gasteiger partial charge in [0.1, 0.15) is 12.4 Å². The van der Waals surface area contributed by atoms with E-state index in [0.717, 1.165) is 57.7 Å². The predicted molar refractivity (Wildman–Crippen MR) is 94.1 cm³/mol. The smallest absolute Gasteiger partial charge is 0.119 e. The Hall–Kier alpha value is -1.14. The first-order valence-electron chi connectivity index (χ1n) is 9.03. The molecule has 3 rings (SSSR count). The highest BCUT2D eigenvalue weighted by molar-refractivity contribution is 5.28. The van der Waals surface area contributed by atoms with Crippen LogP contribution >= 0.6 is 0 Å². The fourth-order valence-corrected chi connectivity index (χ4v) is 4.32. The molecule has 0 unspecified atom stereocenters. The lowest BCUT2D eigenvalue weighted by Crippen LogP contribution is -2.58. The monoisotopic (exact) mass is 334 g/mol. The van der Waals surface area contributed by atoms with E-state index in [0.29, 0.717) is 6.61 Å². The predicted octanol–water partition coefficient (Wildman–Crippen LogP) is 1.34. The van der Waals surface area contributed by atoms with Gasteiger partial charge in [-0.1, -0.05) is 12.1 Å². The molecule has 2 aliphatic rings. The van der Waals surface area contributed by atoms with Crippen LogP contribution in [0.25, 0.3) is 0 Å². The molecule has 134 valence electrons. The van der Waals surface area contributed by atoms with Crippen molar-refractivity contribution in [1.82, 2.24) is 9.80 Å². The van der Waals surface area contributed by atoms with Gasteiger partial charge in [0.2, 0.25) is 0 Å². The minimum atomic E-state index is -0.185. The standard InChI is InChI=1S/C19H30N2O3/c1-20-9-6-18(23)19(14-20)7-3-8-21(15-19)13-16-4-2-5-17(12-16)24-11-10-22/h2,4-5,12,18,22-23H,3,6-11,13-15H2,1H3/t18-,19-/m0/s1. The van der Waals surface area contributed by atoms with Gasteiger partial charge in [-0.3, -0.25) is 4.90 Å². The number of hydrogen-bond acceptors (Lipinski definition) is 5. The van der Waals surface area contributed by atoms with Crippen LogP contribution in [0.15, 0.2) is 24.3 Å². The van der Waals surface area contributed by atoms with Gasteiger partial charge in [0, 0.05) is 31.6 Å². The molecule has 24 heavy (non-hydrogen) atoms. The van der Waals surface area contributed by atoms with E-state index >= 15 is 0 Å². The quantitative estimate of drug-likeness (QED) is 0.851. The second-order valence-corrected chi connectivity index (χ2v) is 7.44. The molecule has 0 saturated carbocycles. The molecule has 2 N–H and O–H groups in total. The maximum absolute atomic E-state index is 10.6. The van der Waals surface area contributed by atoms with Crippen LogP contribution in [-0.4, -0.2) is 72.6 Å². The molecule has 5 nitrogen and oxygen atoms in total. The van der Waals surface area contributed by atoms with Crippen molar-refractivity contribution >= 4 is 0 Å². The van der Waals surface area contributed by atoms with Gasteiger partial charge in [-0.2, -0.15) is 0 Å². The van der Waals surface area contributed by atoms with Crippen LogP contribution < -0.4 is 4.74 Å². The van der Waals surface area contributed by atoms with E-state index in [4.69, 9.17) is 9.84 Å². The molecule has 2 atom stereocenters. The van der Waals surface area contributed by atoms with E-state index in [1.807, 2.05) is 12.1 Å². The minimum Gasteiger partial charge on any atom is -0.491 e. The summed E-state index contributed by atoms with van der Waals surface area (Å²) in [5, 5.41) is 19.5. The third-order valence-corrected chi connectivity index (χ3v) is 5.43. The number of rotatable bonds is 5. The summed E-state index contributed by atoms with van der Waals surface area (Å²) in [7, 11) is 2.16. The minimum absolute atomic E-state index is 0.0241. The lowest BCUT2D eigenvalue weighted by Gasteiger charge is -2.50. The first-order chi connectivity index (χ1) is 11.6. The van der Waals surface area contributed by atoms with Crippen LogP contribution in [-0.2, 0) is 6.54 Å². The summed E-state index contributed by atoms with van der Waals surface area (Å²) in [5.74, 6) is 0.811. The Morgan fingerprint density at radius 1 is 1.29 bits per heavy atom. The van der Waals surface area contributed by atoms with Crippen molar-refractivity contribution in [3.8, 4) is 5.75 Å². The highest BCUT2D eigenvalue weighted by Crippen LogP contribution is 2.38. The largest absolute Gasteiger partial charge is 0.491 e. The molecule has 2 fully saturated rings. The molecule has 1 aromatic rings. The number of likely N-dealkylation sites (tertiary alicyclic amines) is 2. The number of aliphatic hydroxyl groups excluding tert-OH is 2. The number of piperidine rings is 2. The molecule has 0 aliphatic carbocycles. The maximum atomic E-state index is 10.6. The number of aliphatic hydroxyl groups is 2. The third kappa shape index (κ3) is 4.09. The van der Waals surface area contributed by atoms with Crippen molar-refractivity contribution in [3.05, 3.63) is 29.8 Å². The number of hydrogen-bond donors (Lipinski definition) is 2. The van der Waals surface area contributed by atoms with Gasteiger partial charge >= 0.3 is 0 Å². The molecule has 0 bridgehead atoms. The number of ether oxygens (including phenoxy) is 1. The summed E-state index contributed by atoms with van der Waals surface area (Å²) in [5.41, 5.74) is 1.25. The molecule has 2 saturated heterocycles. The summed E-state index contributed by atoms with van der Waals surface area (Å²) >= 11 is 0. The lowest BCUT2D eigenvalue weighted by atomic mass is 9.71. The van der Waals surface area contributed by atoms with Gasteiger partial charge in [-0.05, 0) is 50.6 Å². The Morgan fingerprint density at radius 3 is 3.00 bits per heavy atom. The van der Waals surface area contributed by atoms with Crippen molar-refractivity contribution < 1.29 is 14.9 Å². The molecule has 0 aromatic heterocycles. The van der Waals surface area contributed by atoms with Crippen molar-refractivity contribution in [2.24, 2.45) is 5.41 Å². The molecule has 1 aromatic carbocycles. The highest BCUT2D eigenvalue weighted by Gasteiger charge is 2.44. The second-order valence-electron chi connectivity index (χ2n) is 7.44. The van der Waals surface area contributed by atoms with Gasteiger partial charge in [0.05, 0.1) is 12.7 Å². The zero-order valence-electron chi connectivity index (χ0n) is 14.7. The van der Waals surface area contributed by atoms with Gasteiger partial charge in [-0.15, -0.1) is 0 Å². The number of benzene rings is 1. The van der Waals surface area contributed by atoms with Gasteiger partial charge in [0.25, 0.3) is 0 Å². The zero-order valence-corrected chi connectivity index (χ0v) is 14.7. The molecular weight excluding hydrogens is 304 g/mol. The van der Waals surface area contributed by atoms with Crippen LogP contribution in [0.3, 0.4) is 0 Å². The Morgan fingerprint density at radius 2 is 2.17 bits per heavy atom. The van der Waals surface area contributed by atoms with E-state index in [-0.39, 0.29) is 18.1 Å². The molecule has 2 aliphatic heterocycles. The van der Waals surface area contributed by atoms with Crippen molar-refractivity contribution in [2.75, 3.05) is 46.4 Å². The molecule has 0 amide bonds. The van der Waals surface area contributed by atoms with Crippen LogP contribution in [0.4, 0.5) is 0 Å².